The molecule has 0 aromatic heterocycles. The average molecular weight is 281 g/mol. The zero-order valence-electron chi connectivity index (χ0n) is 10.6. The monoisotopic (exact) mass is 280 g/mol. The molecule has 3 nitrogen and oxygen atoms in total. The van der Waals surface area contributed by atoms with Crippen molar-refractivity contribution in [3.63, 3.8) is 0 Å². The molecule has 1 atom stereocenters. The summed E-state index contributed by atoms with van der Waals surface area (Å²) in [6.07, 6.45) is 5.59. The van der Waals surface area contributed by atoms with Crippen LogP contribution in [0, 0.1) is 5.92 Å². The third-order valence-electron chi connectivity index (χ3n) is 2.88. The van der Waals surface area contributed by atoms with Gasteiger partial charge in [-0.25, -0.2) is 0 Å². The lowest BCUT2D eigenvalue weighted by Gasteiger charge is -2.11. The zero-order valence-corrected chi connectivity index (χ0v) is 12.2. The quantitative estimate of drug-likeness (QED) is 0.637. The van der Waals surface area contributed by atoms with Gasteiger partial charge in [0.05, 0.1) is 0 Å². The first kappa shape index (κ1) is 17.1. The second-order valence-electron chi connectivity index (χ2n) is 4.52. The Morgan fingerprint density at radius 3 is 2.76 bits per heavy atom. The van der Waals surface area contributed by atoms with E-state index in [0.717, 1.165) is 5.75 Å². The van der Waals surface area contributed by atoms with E-state index >= 15 is 0 Å². The van der Waals surface area contributed by atoms with E-state index in [0.29, 0.717) is 18.9 Å². The highest BCUT2D eigenvalue weighted by Gasteiger charge is 2.28. The van der Waals surface area contributed by atoms with Crippen LogP contribution in [0.3, 0.4) is 0 Å². The molecule has 0 bridgehead atoms. The number of hydrogen-bond acceptors (Lipinski definition) is 3. The number of carbonyl (C=O) groups excluding carboxylic acids is 1. The standard InChI is InChI=1S/C12H24N2OS.ClH/c1-2-3-7-16-8-6-12(15)14-9-11(13)10-4-5-10;/h10-11H,2-9,13H2,1H3,(H,14,15);1H. The van der Waals surface area contributed by atoms with Gasteiger partial charge in [0.15, 0.2) is 0 Å². The number of unbranched alkanes of at least 4 members (excludes halogenated alkanes) is 1. The van der Waals surface area contributed by atoms with E-state index in [4.69, 9.17) is 5.73 Å². The van der Waals surface area contributed by atoms with Crippen LogP contribution in [-0.2, 0) is 4.79 Å². The van der Waals surface area contributed by atoms with Crippen molar-refractivity contribution in [2.75, 3.05) is 18.1 Å². The molecule has 1 rings (SSSR count). The van der Waals surface area contributed by atoms with Crippen LogP contribution in [0.5, 0.6) is 0 Å². The van der Waals surface area contributed by atoms with Crippen molar-refractivity contribution < 1.29 is 4.79 Å². The summed E-state index contributed by atoms with van der Waals surface area (Å²) < 4.78 is 0. The fourth-order valence-electron chi connectivity index (χ4n) is 1.52. The highest BCUT2D eigenvalue weighted by molar-refractivity contribution is 7.99. The average Bonchev–Trinajstić information content (AvgIpc) is 3.09. The van der Waals surface area contributed by atoms with Gasteiger partial charge < -0.3 is 11.1 Å². The molecule has 1 saturated carbocycles. The smallest absolute Gasteiger partial charge is 0.220 e. The topological polar surface area (TPSA) is 55.1 Å². The Labute approximate surface area is 115 Å². The van der Waals surface area contributed by atoms with E-state index in [1.54, 1.807) is 0 Å². The Hall–Kier alpha value is 0.0700. The molecule has 1 unspecified atom stereocenters. The number of hydrogen-bond donors (Lipinski definition) is 2. The van der Waals surface area contributed by atoms with Gasteiger partial charge in [-0.2, -0.15) is 11.8 Å². The number of thioether (sulfide) groups is 1. The molecule has 0 aliphatic heterocycles. The van der Waals surface area contributed by atoms with Crippen LogP contribution >= 0.6 is 24.2 Å². The minimum absolute atomic E-state index is 0. The van der Waals surface area contributed by atoms with E-state index in [2.05, 4.69) is 12.2 Å². The van der Waals surface area contributed by atoms with Gasteiger partial charge in [0.1, 0.15) is 0 Å². The molecule has 1 aliphatic rings. The first-order valence-electron chi connectivity index (χ1n) is 6.34. The summed E-state index contributed by atoms with van der Waals surface area (Å²) in [6, 6.07) is 0.177. The van der Waals surface area contributed by atoms with Crippen molar-refractivity contribution in [3.8, 4) is 0 Å². The molecule has 0 saturated heterocycles. The maximum Gasteiger partial charge on any atom is 0.220 e. The van der Waals surface area contributed by atoms with Crippen LogP contribution in [-0.4, -0.2) is 30.0 Å². The van der Waals surface area contributed by atoms with Crippen molar-refractivity contribution in [1.29, 1.82) is 0 Å². The normalized spacial score (nSPS) is 16.1. The summed E-state index contributed by atoms with van der Waals surface area (Å²) in [6.45, 7) is 2.84. The van der Waals surface area contributed by atoms with Crippen LogP contribution in [0.25, 0.3) is 0 Å². The fourth-order valence-corrected chi connectivity index (χ4v) is 2.55. The maximum atomic E-state index is 11.4. The van der Waals surface area contributed by atoms with Crippen LogP contribution < -0.4 is 11.1 Å². The van der Waals surface area contributed by atoms with E-state index in [9.17, 15) is 4.79 Å². The van der Waals surface area contributed by atoms with Gasteiger partial charge in [-0.15, -0.1) is 12.4 Å². The second-order valence-corrected chi connectivity index (χ2v) is 5.75. The number of nitrogens with two attached hydrogens (primary N) is 1. The van der Waals surface area contributed by atoms with E-state index in [1.165, 1.54) is 31.4 Å². The summed E-state index contributed by atoms with van der Waals surface area (Å²) >= 11 is 1.87. The van der Waals surface area contributed by atoms with Crippen molar-refractivity contribution in [3.05, 3.63) is 0 Å². The van der Waals surface area contributed by atoms with Crippen molar-refractivity contribution in [2.45, 2.75) is 45.1 Å². The van der Waals surface area contributed by atoms with Gasteiger partial charge in [0, 0.05) is 24.8 Å². The Balaban J connectivity index is 0.00000256. The molecular formula is C12H25ClN2OS. The lowest BCUT2D eigenvalue weighted by atomic mass is 10.2. The molecule has 1 aliphatic carbocycles. The zero-order chi connectivity index (χ0) is 11.8. The van der Waals surface area contributed by atoms with Gasteiger partial charge in [-0.3, -0.25) is 4.79 Å². The second kappa shape index (κ2) is 10.0. The molecule has 0 aromatic carbocycles. The van der Waals surface area contributed by atoms with E-state index in [-0.39, 0.29) is 24.4 Å². The van der Waals surface area contributed by atoms with E-state index < -0.39 is 0 Å². The number of halogens is 1. The van der Waals surface area contributed by atoms with Crippen molar-refractivity contribution in [2.24, 2.45) is 11.7 Å². The van der Waals surface area contributed by atoms with Gasteiger partial charge in [0.2, 0.25) is 5.91 Å². The number of carbonyl (C=O) groups is 1. The minimum atomic E-state index is 0. The summed E-state index contributed by atoms with van der Waals surface area (Å²) in [4.78, 5) is 11.4. The summed E-state index contributed by atoms with van der Waals surface area (Å²) in [7, 11) is 0. The molecule has 0 spiro atoms. The Morgan fingerprint density at radius 2 is 2.18 bits per heavy atom. The minimum Gasteiger partial charge on any atom is -0.355 e. The van der Waals surface area contributed by atoms with Gasteiger partial charge in [0.25, 0.3) is 0 Å². The third-order valence-corrected chi connectivity index (χ3v) is 3.95. The molecule has 3 N–H and O–H groups in total. The Morgan fingerprint density at radius 1 is 1.47 bits per heavy atom. The lowest BCUT2D eigenvalue weighted by Crippen LogP contribution is -2.38. The Kier molecular flexibility index (Phi) is 10.1. The van der Waals surface area contributed by atoms with Crippen LogP contribution in [0.1, 0.15) is 39.0 Å². The lowest BCUT2D eigenvalue weighted by molar-refractivity contribution is -0.120. The molecule has 1 fully saturated rings. The number of amides is 1. The largest absolute Gasteiger partial charge is 0.355 e. The molecule has 1 amide bonds. The maximum absolute atomic E-state index is 11.4. The van der Waals surface area contributed by atoms with Crippen LogP contribution in [0.15, 0.2) is 0 Å². The summed E-state index contributed by atoms with van der Waals surface area (Å²) in [5, 5.41) is 2.92. The fraction of sp³-hybridized carbons (Fsp3) is 0.917. The molecule has 0 aromatic rings. The molecule has 5 heteroatoms. The van der Waals surface area contributed by atoms with E-state index in [1.807, 2.05) is 11.8 Å². The molecule has 0 radical (unpaired) electrons. The first-order valence-corrected chi connectivity index (χ1v) is 7.49. The Bertz CT molecular complexity index is 213. The molecule has 17 heavy (non-hydrogen) atoms. The SMILES string of the molecule is CCCCSCCC(=O)NCC(N)C1CC1.Cl. The third kappa shape index (κ3) is 8.75. The summed E-state index contributed by atoms with van der Waals surface area (Å²) in [5.41, 5.74) is 5.90. The number of rotatable bonds is 9. The predicted molar refractivity (Wildman–Crippen MR) is 77.8 cm³/mol. The molecule has 102 valence electrons. The first-order chi connectivity index (χ1) is 7.74. The van der Waals surface area contributed by atoms with Crippen LogP contribution in [0.4, 0.5) is 0 Å². The van der Waals surface area contributed by atoms with Crippen LogP contribution in [0.2, 0.25) is 0 Å². The van der Waals surface area contributed by atoms with Crippen molar-refractivity contribution >= 4 is 30.1 Å². The van der Waals surface area contributed by atoms with Gasteiger partial charge in [-0.1, -0.05) is 13.3 Å². The molecule has 0 heterocycles. The summed E-state index contributed by atoms with van der Waals surface area (Å²) in [5.74, 6) is 2.93. The van der Waals surface area contributed by atoms with Crippen molar-refractivity contribution in [1.82, 2.24) is 5.32 Å². The number of nitrogens with one attached hydrogen (secondary N) is 1. The highest BCUT2D eigenvalue weighted by atomic mass is 35.5. The highest BCUT2D eigenvalue weighted by Crippen LogP contribution is 2.31. The predicted octanol–water partition coefficient (Wildman–Crippen LogP) is 2.19. The van der Waals surface area contributed by atoms with Gasteiger partial charge >= 0.3 is 0 Å². The molecular weight excluding hydrogens is 256 g/mol. The van der Waals surface area contributed by atoms with Gasteiger partial charge in [-0.05, 0) is 30.9 Å².